The molecule has 150 valence electrons. The van der Waals surface area contributed by atoms with E-state index in [1.165, 1.54) is 11.1 Å². The Balaban J connectivity index is 1.28. The number of rotatable bonds is 5. The molecule has 3 aromatic rings. The van der Waals surface area contributed by atoms with E-state index >= 15 is 0 Å². The van der Waals surface area contributed by atoms with Crippen molar-refractivity contribution in [3.05, 3.63) is 65.5 Å². The number of hydrogen-bond donors (Lipinski definition) is 1. The molecule has 0 spiro atoms. The van der Waals surface area contributed by atoms with Gasteiger partial charge in [-0.2, -0.15) is 4.98 Å². The second kappa shape index (κ2) is 8.57. The summed E-state index contributed by atoms with van der Waals surface area (Å²) in [7, 11) is 0. The summed E-state index contributed by atoms with van der Waals surface area (Å²) in [5.74, 6) is 1.38. The van der Waals surface area contributed by atoms with E-state index in [2.05, 4.69) is 27.3 Å². The zero-order valence-corrected chi connectivity index (χ0v) is 16.9. The van der Waals surface area contributed by atoms with Gasteiger partial charge in [0, 0.05) is 17.2 Å². The molecule has 0 unspecified atom stereocenters. The Kier molecular flexibility index (Phi) is 5.71. The molecular weight excluding hydrogens is 364 g/mol. The number of nitrogens with zero attached hydrogens (tertiary/aromatic N) is 3. The molecule has 6 nitrogen and oxygen atoms in total. The highest BCUT2D eigenvalue weighted by molar-refractivity contribution is 5.92. The summed E-state index contributed by atoms with van der Waals surface area (Å²) in [6.07, 6.45) is 1.66. The van der Waals surface area contributed by atoms with Crippen LogP contribution in [0.5, 0.6) is 0 Å². The van der Waals surface area contributed by atoms with Crippen LogP contribution < -0.4 is 5.32 Å². The van der Waals surface area contributed by atoms with Crippen LogP contribution in [0.15, 0.2) is 53.1 Å². The van der Waals surface area contributed by atoms with Crippen LogP contribution in [0, 0.1) is 19.8 Å². The quantitative estimate of drug-likeness (QED) is 0.707. The Morgan fingerprint density at radius 3 is 2.31 bits per heavy atom. The van der Waals surface area contributed by atoms with Gasteiger partial charge in [0.05, 0.1) is 6.54 Å². The highest BCUT2D eigenvalue weighted by atomic mass is 16.5. The molecule has 1 amide bonds. The molecule has 0 aliphatic carbocycles. The summed E-state index contributed by atoms with van der Waals surface area (Å²) in [6, 6.07) is 16.0. The largest absolute Gasteiger partial charge is 0.338 e. The second-order valence-corrected chi connectivity index (χ2v) is 7.78. The van der Waals surface area contributed by atoms with E-state index in [9.17, 15) is 4.79 Å². The van der Waals surface area contributed by atoms with Gasteiger partial charge in [-0.25, -0.2) is 0 Å². The van der Waals surface area contributed by atoms with Gasteiger partial charge >= 0.3 is 0 Å². The first-order chi connectivity index (χ1) is 14.1. The Hall–Kier alpha value is -2.99. The van der Waals surface area contributed by atoms with Crippen LogP contribution in [0.3, 0.4) is 0 Å². The lowest BCUT2D eigenvalue weighted by molar-refractivity contribution is -0.121. The van der Waals surface area contributed by atoms with Crippen molar-refractivity contribution in [3.8, 4) is 11.4 Å². The number of anilines is 1. The number of aromatic nitrogens is 2. The third kappa shape index (κ3) is 4.90. The van der Waals surface area contributed by atoms with Gasteiger partial charge in [-0.15, -0.1) is 0 Å². The molecular formula is C23H26N4O2. The number of aryl methyl sites for hydroxylation is 2. The van der Waals surface area contributed by atoms with E-state index in [0.29, 0.717) is 18.3 Å². The number of likely N-dealkylation sites (tertiary alicyclic amines) is 1. The highest BCUT2D eigenvalue weighted by Gasteiger charge is 2.26. The predicted molar refractivity (Wildman–Crippen MR) is 112 cm³/mol. The molecule has 0 radical (unpaired) electrons. The minimum Gasteiger partial charge on any atom is -0.338 e. The van der Waals surface area contributed by atoms with Gasteiger partial charge in [-0.1, -0.05) is 52.7 Å². The van der Waals surface area contributed by atoms with Crippen LogP contribution in [-0.2, 0) is 11.3 Å². The Morgan fingerprint density at radius 1 is 1.03 bits per heavy atom. The number of benzene rings is 2. The van der Waals surface area contributed by atoms with Crippen molar-refractivity contribution in [1.29, 1.82) is 0 Å². The molecule has 1 aromatic heterocycles. The molecule has 2 heterocycles. The summed E-state index contributed by atoms with van der Waals surface area (Å²) in [6.45, 7) is 6.39. The van der Waals surface area contributed by atoms with Gasteiger partial charge in [0.2, 0.25) is 17.6 Å². The van der Waals surface area contributed by atoms with Crippen molar-refractivity contribution in [2.24, 2.45) is 5.92 Å². The van der Waals surface area contributed by atoms with Crippen molar-refractivity contribution in [2.45, 2.75) is 33.2 Å². The summed E-state index contributed by atoms with van der Waals surface area (Å²) in [5.41, 5.74) is 4.20. The average molecular weight is 390 g/mol. The average Bonchev–Trinajstić information content (AvgIpc) is 3.19. The van der Waals surface area contributed by atoms with Crippen molar-refractivity contribution >= 4 is 11.6 Å². The topological polar surface area (TPSA) is 71.3 Å². The Morgan fingerprint density at radius 2 is 1.66 bits per heavy atom. The molecule has 0 saturated carbocycles. The lowest BCUT2D eigenvalue weighted by atomic mass is 9.96. The minimum atomic E-state index is 0.0401. The van der Waals surface area contributed by atoms with E-state index < -0.39 is 0 Å². The van der Waals surface area contributed by atoms with Crippen molar-refractivity contribution < 1.29 is 9.32 Å². The van der Waals surface area contributed by atoms with Gasteiger partial charge in [-0.05, 0) is 51.9 Å². The third-order valence-electron chi connectivity index (χ3n) is 5.41. The standard InChI is InChI=1S/C23H26N4O2/c1-16-3-7-18(8-4-16)22-25-21(29-26-22)15-27-13-11-19(12-14-27)23(28)24-20-9-5-17(2)6-10-20/h3-10,19H,11-15H2,1-2H3,(H,24,28). The Labute approximate surface area is 170 Å². The summed E-state index contributed by atoms with van der Waals surface area (Å²) in [4.78, 5) is 19.3. The van der Waals surface area contributed by atoms with Crippen LogP contribution in [0.1, 0.15) is 29.9 Å². The predicted octanol–water partition coefficient (Wildman–Crippen LogP) is 4.20. The number of nitrogens with one attached hydrogen (secondary N) is 1. The SMILES string of the molecule is Cc1ccc(NC(=O)C2CCN(Cc3nc(-c4ccc(C)cc4)no3)CC2)cc1. The van der Waals surface area contributed by atoms with Crippen LogP contribution in [0.25, 0.3) is 11.4 Å². The number of carbonyl (C=O) groups is 1. The van der Waals surface area contributed by atoms with Gasteiger partial charge < -0.3 is 9.84 Å². The lowest BCUT2D eigenvalue weighted by Crippen LogP contribution is -2.37. The highest BCUT2D eigenvalue weighted by Crippen LogP contribution is 2.22. The van der Waals surface area contributed by atoms with Crippen LogP contribution in [0.4, 0.5) is 5.69 Å². The summed E-state index contributed by atoms with van der Waals surface area (Å²) >= 11 is 0. The molecule has 1 aliphatic rings. The first kappa shape index (κ1) is 19.3. The number of carbonyl (C=O) groups excluding carboxylic acids is 1. The molecule has 0 atom stereocenters. The van der Waals surface area contributed by atoms with Gasteiger partial charge in [0.25, 0.3) is 0 Å². The second-order valence-electron chi connectivity index (χ2n) is 7.78. The fourth-order valence-electron chi connectivity index (χ4n) is 3.56. The monoisotopic (exact) mass is 390 g/mol. The first-order valence-electron chi connectivity index (χ1n) is 10.1. The number of piperidine rings is 1. The van der Waals surface area contributed by atoms with E-state index in [1.807, 2.05) is 55.5 Å². The Bertz CT molecular complexity index is 955. The van der Waals surface area contributed by atoms with Gasteiger partial charge in [-0.3, -0.25) is 9.69 Å². The van der Waals surface area contributed by atoms with E-state index in [0.717, 1.165) is 37.2 Å². The minimum absolute atomic E-state index is 0.0401. The molecule has 2 aromatic carbocycles. The van der Waals surface area contributed by atoms with Crippen molar-refractivity contribution in [3.63, 3.8) is 0 Å². The summed E-state index contributed by atoms with van der Waals surface area (Å²) in [5, 5.41) is 7.13. The van der Waals surface area contributed by atoms with Gasteiger partial charge in [0.15, 0.2) is 0 Å². The molecule has 6 heteroatoms. The number of amides is 1. The fourth-order valence-corrected chi connectivity index (χ4v) is 3.56. The maximum absolute atomic E-state index is 12.5. The number of hydrogen-bond acceptors (Lipinski definition) is 5. The molecule has 0 bridgehead atoms. The first-order valence-corrected chi connectivity index (χ1v) is 10.1. The molecule has 29 heavy (non-hydrogen) atoms. The fraction of sp³-hybridized carbons (Fsp3) is 0.348. The van der Waals surface area contributed by atoms with Crippen LogP contribution >= 0.6 is 0 Å². The van der Waals surface area contributed by atoms with Crippen molar-refractivity contribution in [1.82, 2.24) is 15.0 Å². The molecule has 4 rings (SSSR count). The maximum Gasteiger partial charge on any atom is 0.241 e. The zero-order chi connectivity index (χ0) is 20.2. The zero-order valence-electron chi connectivity index (χ0n) is 16.9. The molecule has 1 saturated heterocycles. The van der Waals surface area contributed by atoms with E-state index in [-0.39, 0.29) is 11.8 Å². The van der Waals surface area contributed by atoms with Crippen molar-refractivity contribution in [2.75, 3.05) is 18.4 Å². The molecule has 1 N–H and O–H groups in total. The summed E-state index contributed by atoms with van der Waals surface area (Å²) < 4.78 is 5.43. The third-order valence-corrected chi connectivity index (χ3v) is 5.41. The smallest absolute Gasteiger partial charge is 0.241 e. The van der Waals surface area contributed by atoms with E-state index in [1.54, 1.807) is 0 Å². The molecule has 1 aliphatic heterocycles. The van der Waals surface area contributed by atoms with Gasteiger partial charge in [0.1, 0.15) is 0 Å². The molecule has 1 fully saturated rings. The van der Waals surface area contributed by atoms with Crippen LogP contribution in [0.2, 0.25) is 0 Å². The lowest BCUT2D eigenvalue weighted by Gasteiger charge is -2.30. The van der Waals surface area contributed by atoms with Crippen LogP contribution in [-0.4, -0.2) is 34.0 Å². The maximum atomic E-state index is 12.5. The van der Waals surface area contributed by atoms with E-state index in [4.69, 9.17) is 4.52 Å². The normalized spacial score (nSPS) is 15.4.